The molecule has 2 aromatic carbocycles. The van der Waals surface area contributed by atoms with E-state index < -0.39 is 10.8 Å². The first kappa shape index (κ1) is 14.5. The monoisotopic (exact) mass is 299 g/mol. The Labute approximate surface area is 129 Å². The van der Waals surface area contributed by atoms with Gasteiger partial charge >= 0.3 is 0 Å². The van der Waals surface area contributed by atoms with Crippen molar-refractivity contribution in [3.8, 4) is 0 Å². The number of fused-ring (bicyclic) bond motifs is 1. The molecule has 21 heavy (non-hydrogen) atoms. The van der Waals surface area contributed by atoms with Crippen LogP contribution >= 0.6 is 0 Å². The van der Waals surface area contributed by atoms with Crippen LogP contribution in [0.5, 0.6) is 0 Å². The molecule has 1 aliphatic carbocycles. The van der Waals surface area contributed by atoms with E-state index in [0.29, 0.717) is 5.92 Å². The summed E-state index contributed by atoms with van der Waals surface area (Å²) >= 11 is 0. The van der Waals surface area contributed by atoms with Gasteiger partial charge < -0.3 is 5.32 Å². The Kier molecular flexibility index (Phi) is 4.22. The summed E-state index contributed by atoms with van der Waals surface area (Å²) < 4.78 is 13.0. The molecule has 0 spiro atoms. The molecule has 2 nitrogen and oxygen atoms in total. The van der Waals surface area contributed by atoms with Gasteiger partial charge in [-0.05, 0) is 42.6 Å². The molecule has 0 radical (unpaired) electrons. The number of hydrogen-bond donors (Lipinski definition) is 1. The Morgan fingerprint density at radius 2 is 1.62 bits per heavy atom. The van der Waals surface area contributed by atoms with Crippen molar-refractivity contribution >= 4 is 10.8 Å². The summed E-state index contributed by atoms with van der Waals surface area (Å²) in [5.74, 6) is 0.448. The second-order valence-electron chi connectivity index (χ2n) is 5.68. The highest BCUT2D eigenvalue weighted by Gasteiger charge is 2.36. The van der Waals surface area contributed by atoms with Gasteiger partial charge in [-0.2, -0.15) is 0 Å². The summed E-state index contributed by atoms with van der Waals surface area (Å²) in [6, 6.07) is 18.5. The van der Waals surface area contributed by atoms with Crippen molar-refractivity contribution in [3.63, 3.8) is 0 Å². The number of benzene rings is 2. The van der Waals surface area contributed by atoms with E-state index in [1.807, 2.05) is 37.4 Å². The van der Waals surface area contributed by atoms with E-state index in [1.165, 1.54) is 11.1 Å². The normalized spacial score (nSPS) is 26.1. The van der Waals surface area contributed by atoms with E-state index >= 15 is 0 Å². The Morgan fingerprint density at radius 1 is 1.00 bits per heavy atom. The van der Waals surface area contributed by atoms with Crippen LogP contribution in [0.4, 0.5) is 0 Å². The molecule has 4 atom stereocenters. The Balaban J connectivity index is 1.99. The average molecular weight is 299 g/mol. The van der Waals surface area contributed by atoms with E-state index in [-0.39, 0.29) is 11.3 Å². The van der Waals surface area contributed by atoms with Gasteiger partial charge in [-0.25, -0.2) is 0 Å². The summed E-state index contributed by atoms with van der Waals surface area (Å²) in [6.07, 6.45) is 0.948. The highest BCUT2D eigenvalue weighted by Crippen LogP contribution is 2.40. The molecule has 0 saturated carbocycles. The van der Waals surface area contributed by atoms with Crippen molar-refractivity contribution in [3.05, 3.63) is 65.7 Å². The summed E-state index contributed by atoms with van der Waals surface area (Å²) in [6.45, 7) is 2.24. The van der Waals surface area contributed by atoms with Crippen molar-refractivity contribution in [1.82, 2.24) is 5.32 Å². The van der Waals surface area contributed by atoms with Crippen LogP contribution in [-0.4, -0.2) is 16.5 Å². The molecule has 0 aromatic heterocycles. The largest absolute Gasteiger partial charge is 0.312 e. The molecule has 4 unspecified atom stereocenters. The minimum atomic E-state index is -0.990. The van der Waals surface area contributed by atoms with Crippen LogP contribution in [0, 0.1) is 0 Å². The summed E-state index contributed by atoms with van der Waals surface area (Å²) in [5, 5.41) is 3.50. The van der Waals surface area contributed by atoms with Crippen LogP contribution in [0.25, 0.3) is 0 Å². The van der Waals surface area contributed by atoms with Crippen LogP contribution in [-0.2, 0) is 10.8 Å². The highest BCUT2D eigenvalue weighted by molar-refractivity contribution is 7.85. The zero-order chi connectivity index (χ0) is 14.8. The maximum absolute atomic E-state index is 13.0. The van der Waals surface area contributed by atoms with Gasteiger partial charge in [0, 0.05) is 10.9 Å². The Morgan fingerprint density at radius 3 is 2.29 bits per heavy atom. The lowest BCUT2D eigenvalue weighted by Gasteiger charge is -2.36. The highest BCUT2D eigenvalue weighted by atomic mass is 32.2. The minimum Gasteiger partial charge on any atom is -0.312 e. The molecular weight excluding hydrogens is 278 g/mol. The first-order valence-corrected chi connectivity index (χ1v) is 8.65. The summed E-state index contributed by atoms with van der Waals surface area (Å²) in [7, 11) is 0.975. The third kappa shape index (κ3) is 2.68. The number of hydrogen-bond acceptors (Lipinski definition) is 2. The van der Waals surface area contributed by atoms with Gasteiger partial charge in [0.25, 0.3) is 0 Å². The third-order valence-corrected chi connectivity index (χ3v) is 6.13. The summed E-state index contributed by atoms with van der Waals surface area (Å²) in [4.78, 5) is 0.925. The molecule has 0 bridgehead atoms. The first-order valence-electron chi connectivity index (χ1n) is 7.44. The standard InChI is InChI=1S/C18H21NOS/c1-13-12-17(21(20)14-8-4-3-5-9-14)18(19-2)16-11-7-6-10-15(13)16/h3-11,13,17-19H,12H2,1-2H3. The van der Waals surface area contributed by atoms with Crippen molar-refractivity contribution in [2.24, 2.45) is 0 Å². The molecule has 0 aliphatic heterocycles. The van der Waals surface area contributed by atoms with Gasteiger partial charge in [-0.15, -0.1) is 0 Å². The SMILES string of the molecule is CNC1c2ccccc2C(C)CC1S(=O)c1ccccc1. The fourth-order valence-corrected chi connectivity index (χ4v) is 5.10. The van der Waals surface area contributed by atoms with Crippen LogP contribution in [0.1, 0.15) is 36.4 Å². The van der Waals surface area contributed by atoms with Crippen molar-refractivity contribution < 1.29 is 4.21 Å². The molecule has 3 rings (SSSR count). The van der Waals surface area contributed by atoms with Crippen molar-refractivity contribution in [2.45, 2.75) is 35.4 Å². The average Bonchev–Trinajstić information content (AvgIpc) is 2.55. The maximum atomic E-state index is 13.0. The molecule has 0 saturated heterocycles. The Bertz CT molecular complexity index is 641. The van der Waals surface area contributed by atoms with E-state index in [2.05, 4.69) is 36.5 Å². The van der Waals surface area contributed by atoms with Crippen LogP contribution in [0.2, 0.25) is 0 Å². The van der Waals surface area contributed by atoms with Gasteiger partial charge in [-0.3, -0.25) is 4.21 Å². The second kappa shape index (κ2) is 6.12. The number of rotatable bonds is 3. The van der Waals surface area contributed by atoms with Crippen molar-refractivity contribution in [1.29, 1.82) is 0 Å². The molecule has 3 heteroatoms. The predicted molar refractivity (Wildman–Crippen MR) is 87.9 cm³/mol. The molecule has 0 fully saturated rings. The van der Waals surface area contributed by atoms with E-state index in [1.54, 1.807) is 0 Å². The topological polar surface area (TPSA) is 29.1 Å². The van der Waals surface area contributed by atoms with E-state index in [0.717, 1.165) is 11.3 Å². The van der Waals surface area contributed by atoms with Gasteiger partial charge in [0.1, 0.15) is 0 Å². The zero-order valence-corrected chi connectivity index (χ0v) is 13.3. The van der Waals surface area contributed by atoms with Gasteiger partial charge in [-0.1, -0.05) is 49.4 Å². The maximum Gasteiger partial charge on any atom is 0.0595 e. The fraction of sp³-hybridized carbons (Fsp3) is 0.333. The minimum absolute atomic E-state index is 0.113. The molecule has 2 aromatic rings. The Hall–Kier alpha value is -1.45. The zero-order valence-electron chi connectivity index (χ0n) is 12.5. The van der Waals surface area contributed by atoms with Crippen LogP contribution < -0.4 is 5.32 Å². The first-order chi connectivity index (χ1) is 10.2. The smallest absolute Gasteiger partial charge is 0.0595 e. The molecule has 0 heterocycles. The van der Waals surface area contributed by atoms with Gasteiger partial charge in [0.2, 0.25) is 0 Å². The van der Waals surface area contributed by atoms with Crippen LogP contribution in [0.3, 0.4) is 0 Å². The number of nitrogens with one attached hydrogen (secondary N) is 1. The predicted octanol–water partition coefficient (Wildman–Crippen LogP) is 3.63. The lowest BCUT2D eigenvalue weighted by Crippen LogP contribution is -2.38. The van der Waals surface area contributed by atoms with Gasteiger partial charge in [0.15, 0.2) is 0 Å². The second-order valence-corrected chi connectivity index (χ2v) is 7.35. The lowest BCUT2D eigenvalue weighted by molar-refractivity contribution is 0.463. The van der Waals surface area contributed by atoms with Crippen LogP contribution in [0.15, 0.2) is 59.5 Å². The molecule has 110 valence electrons. The molecular formula is C18H21NOS. The van der Waals surface area contributed by atoms with Crippen molar-refractivity contribution in [2.75, 3.05) is 7.05 Å². The summed E-state index contributed by atoms with van der Waals surface area (Å²) in [5.41, 5.74) is 2.69. The quantitative estimate of drug-likeness (QED) is 0.937. The molecule has 0 amide bonds. The van der Waals surface area contributed by atoms with E-state index in [4.69, 9.17) is 0 Å². The fourth-order valence-electron chi connectivity index (χ4n) is 3.34. The molecule has 1 aliphatic rings. The molecule has 1 N–H and O–H groups in total. The lowest BCUT2D eigenvalue weighted by atomic mass is 9.81. The third-order valence-electron chi connectivity index (χ3n) is 4.38. The van der Waals surface area contributed by atoms with E-state index in [9.17, 15) is 4.21 Å². The van der Waals surface area contributed by atoms with Gasteiger partial charge in [0.05, 0.1) is 16.0 Å².